The minimum Gasteiger partial charge on any atom is -0.380 e. The Kier molecular flexibility index (Phi) is 3.46. The first-order valence-corrected chi connectivity index (χ1v) is 6.09. The van der Waals surface area contributed by atoms with E-state index in [-0.39, 0.29) is 5.82 Å². The van der Waals surface area contributed by atoms with Crippen LogP contribution in [0.1, 0.15) is 10.4 Å². The summed E-state index contributed by atoms with van der Waals surface area (Å²) in [6.45, 7) is 2.41. The molecule has 0 saturated carbocycles. The van der Waals surface area contributed by atoms with Crippen molar-refractivity contribution in [1.82, 2.24) is 0 Å². The molecular formula is C12H11ClFNS. The Morgan fingerprint density at radius 2 is 2.12 bits per heavy atom. The van der Waals surface area contributed by atoms with Gasteiger partial charge in [-0.25, -0.2) is 4.39 Å². The molecule has 2 rings (SSSR count). The van der Waals surface area contributed by atoms with Crippen molar-refractivity contribution in [2.24, 2.45) is 0 Å². The molecule has 1 N–H and O–H groups in total. The molecular weight excluding hydrogens is 245 g/mol. The third-order valence-electron chi connectivity index (χ3n) is 2.27. The van der Waals surface area contributed by atoms with E-state index < -0.39 is 0 Å². The van der Waals surface area contributed by atoms with Crippen LogP contribution in [0.15, 0.2) is 30.3 Å². The lowest BCUT2D eigenvalue weighted by atomic mass is 10.2. The summed E-state index contributed by atoms with van der Waals surface area (Å²) in [6.07, 6.45) is 0. The SMILES string of the molecule is Cc1ccc(NCc2ccc(Cl)s2)cc1F. The Morgan fingerprint density at radius 1 is 1.31 bits per heavy atom. The van der Waals surface area contributed by atoms with Crippen LogP contribution >= 0.6 is 22.9 Å². The smallest absolute Gasteiger partial charge is 0.128 e. The first kappa shape index (κ1) is 11.4. The van der Waals surface area contributed by atoms with Crippen molar-refractivity contribution in [3.63, 3.8) is 0 Å². The Labute approximate surface area is 103 Å². The van der Waals surface area contributed by atoms with Gasteiger partial charge in [0.15, 0.2) is 0 Å². The zero-order valence-electron chi connectivity index (χ0n) is 8.76. The molecule has 0 aliphatic heterocycles. The molecule has 1 aromatic carbocycles. The van der Waals surface area contributed by atoms with Crippen LogP contribution in [0.2, 0.25) is 4.34 Å². The molecule has 0 fully saturated rings. The second-order valence-electron chi connectivity index (χ2n) is 3.52. The Bertz CT molecular complexity index is 496. The molecule has 1 heterocycles. The number of anilines is 1. The van der Waals surface area contributed by atoms with E-state index in [1.54, 1.807) is 13.0 Å². The molecule has 1 aromatic heterocycles. The molecule has 0 saturated heterocycles. The van der Waals surface area contributed by atoms with Gasteiger partial charge in [0.2, 0.25) is 0 Å². The second-order valence-corrected chi connectivity index (χ2v) is 5.32. The van der Waals surface area contributed by atoms with Gasteiger partial charge in [-0.1, -0.05) is 17.7 Å². The van der Waals surface area contributed by atoms with E-state index in [1.807, 2.05) is 18.2 Å². The van der Waals surface area contributed by atoms with E-state index in [2.05, 4.69) is 5.32 Å². The summed E-state index contributed by atoms with van der Waals surface area (Å²) in [5, 5.41) is 3.15. The number of aryl methyl sites for hydroxylation is 1. The molecule has 0 atom stereocenters. The summed E-state index contributed by atoms with van der Waals surface area (Å²) in [7, 11) is 0. The summed E-state index contributed by atoms with van der Waals surface area (Å²) >= 11 is 7.34. The molecule has 16 heavy (non-hydrogen) atoms. The van der Waals surface area contributed by atoms with Crippen LogP contribution in [0, 0.1) is 12.7 Å². The highest BCUT2D eigenvalue weighted by molar-refractivity contribution is 7.16. The van der Waals surface area contributed by atoms with Gasteiger partial charge in [-0.3, -0.25) is 0 Å². The zero-order valence-corrected chi connectivity index (χ0v) is 10.3. The second kappa shape index (κ2) is 4.85. The van der Waals surface area contributed by atoms with Crippen LogP contribution in [-0.4, -0.2) is 0 Å². The van der Waals surface area contributed by atoms with Crippen LogP contribution in [0.5, 0.6) is 0 Å². The number of rotatable bonds is 3. The van der Waals surface area contributed by atoms with Gasteiger partial charge in [0, 0.05) is 17.1 Å². The Morgan fingerprint density at radius 3 is 2.75 bits per heavy atom. The van der Waals surface area contributed by atoms with Gasteiger partial charge in [-0.05, 0) is 36.8 Å². The molecule has 0 spiro atoms. The van der Waals surface area contributed by atoms with Crippen molar-refractivity contribution < 1.29 is 4.39 Å². The summed E-state index contributed by atoms with van der Waals surface area (Å²) in [5.41, 5.74) is 1.44. The van der Waals surface area contributed by atoms with Crippen LogP contribution < -0.4 is 5.32 Å². The maximum atomic E-state index is 13.3. The average molecular weight is 256 g/mol. The number of halogens is 2. The summed E-state index contributed by atoms with van der Waals surface area (Å²) in [6, 6.07) is 8.96. The minimum atomic E-state index is -0.186. The lowest BCUT2D eigenvalue weighted by Crippen LogP contribution is -1.98. The number of hydrogen-bond acceptors (Lipinski definition) is 2. The molecule has 0 aliphatic rings. The van der Waals surface area contributed by atoms with Gasteiger partial charge in [0.05, 0.1) is 4.34 Å². The van der Waals surface area contributed by atoms with Crippen molar-refractivity contribution in [3.8, 4) is 0 Å². The van der Waals surface area contributed by atoms with Crippen LogP contribution in [0.3, 0.4) is 0 Å². The lowest BCUT2D eigenvalue weighted by molar-refractivity contribution is 0.619. The lowest BCUT2D eigenvalue weighted by Gasteiger charge is -2.05. The molecule has 0 unspecified atom stereocenters. The fourth-order valence-corrected chi connectivity index (χ4v) is 2.37. The molecule has 4 heteroatoms. The Balaban J connectivity index is 2.02. The first-order valence-electron chi connectivity index (χ1n) is 4.89. The van der Waals surface area contributed by atoms with E-state index in [9.17, 15) is 4.39 Å². The van der Waals surface area contributed by atoms with Crippen molar-refractivity contribution in [2.75, 3.05) is 5.32 Å². The summed E-state index contributed by atoms with van der Waals surface area (Å²) in [4.78, 5) is 1.13. The third-order valence-corrected chi connectivity index (χ3v) is 3.50. The van der Waals surface area contributed by atoms with Crippen molar-refractivity contribution in [2.45, 2.75) is 13.5 Å². The summed E-state index contributed by atoms with van der Waals surface area (Å²) in [5.74, 6) is -0.186. The third kappa shape index (κ3) is 2.74. The topological polar surface area (TPSA) is 12.0 Å². The van der Waals surface area contributed by atoms with Gasteiger partial charge < -0.3 is 5.32 Å². The van der Waals surface area contributed by atoms with Crippen LogP contribution in [-0.2, 0) is 6.54 Å². The van der Waals surface area contributed by atoms with E-state index in [0.29, 0.717) is 12.1 Å². The molecule has 84 valence electrons. The van der Waals surface area contributed by atoms with Gasteiger partial charge in [-0.2, -0.15) is 0 Å². The first-order chi connectivity index (χ1) is 7.65. The van der Waals surface area contributed by atoms with Crippen LogP contribution in [0.4, 0.5) is 10.1 Å². The predicted octanol–water partition coefficient (Wildman–Crippen LogP) is 4.46. The molecule has 0 amide bonds. The highest BCUT2D eigenvalue weighted by atomic mass is 35.5. The monoisotopic (exact) mass is 255 g/mol. The van der Waals surface area contributed by atoms with Gasteiger partial charge in [0.1, 0.15) is 5.82 Å². The van der Waals surface area contributed by atoms with E-state index in [4.69, 9.17) is 11.6 Å². The largest absolute Gasteiger partial charge is 0.380 e. The van der Waals surface area contributed by atoms with Gasteiger partial charge in [0.25, 0.3) is 0 Å². The standard InChI is InChI=1S/C12H11ClFNS/c1-8-2-3-9(6-11(8)14)15-7-10-4-5-12(13)16-10/h2-6,15H,7H2,1H3. The highest BCUT2D eigenvalue weighted by Gasteiger charge is 2.00. The maximum Gasteiger partial charge on any atom is 0.128 e. The minimum absolute atomic E-state index is 0.186. The molecule has 0 radical (unpaired) electrons. The quantitative estimate of drug-likeness (QED) is 0.854. The number of thiophene rings is 1. The van der Waals surface area contributed by atoms with Crippen molar-refractivity contribution >= 4 is 28.6 Å². The summed E-state index contributed by atoms with van der Waals surface area (Å²) < 4.78 is 14.0. The fraction of sp³-hybridized carbons (Fsp3) is 0.167. The number of hydrogen-bond donors (Lipinski definition) is 1. The van der Waals surface area contributed by atoms with Crippen LogP contribution in [0.25, 0.3) is 0 Å². The fourth-order valence-electron chi connectivity index (χ4n) is 1.34. The normalized spacial score (nSPS) is 10.4. The molecule has 0 aliphatic carbocycles. The van der Waals surface area contributed by atoms with Crippen molar-refractivity contribution in [3.05, 3.63) is 50.9 Å². The van der Waals surface area contributed by atoms with Gasteiger partial charge >= 0.3 is 0 Å². The van der Waals surface area contributed by atoms with E-state index in [0.717, 1.165) is 14.9 Å². The van der Waals surface area contributed by atoms with E-state index >= 15 is 0 Å². The molecule has 0 bridgehead atoms. The zero-order chi connectivity index (χ0) is 11.5. The Hall–Kier alpha value is -1.06. The highest BCUT2D eigenvalue weighted by Crippen LogP contribution is 2.22. The number of benzene rings is 1. The van der Waals surface area contributed by atoms with E-state index in [1.165, 1.54) is 17.4 Å². The number of nitrogens with one attached hydrogen (secondary N) is 1. The van der Waals surface area contributed by atoms with Gasteiger partial charge in [-0.15, -0.1) is 11.3 Å². The maximum absolute atomic E-state index is 13.3. The molecule has 1 nitrogen and oxygen atoms in total. The predicted molar refractivity (Wildman–Crippen MR) is 67.8 cm³/mol. The molecule has 2 aromatic rings. The van der Waals surface area contributed by atoms with Crippen molar-refractivity contribution in [1.29, 1.82) is 0 Å². The average Bonchev–Trinajstić information content (AvgIpc) is 2.66.